The third kappa shape index (κ3) is 3.82. The van der Waals surface area contributed by atoms with Crippen molar-refractivity contribution in [2.45, 2.75) is 25.6 Å². The van der Waals surface area contributed by atoms with Crippen LogP contribution in [0.2, 0.25) is 0 Å². The summed E-state index contributed by atoms with van der Waals surface area (Å²) >= 11 is 5.80. The minimum absolute atomic E-state index is 0.0279. The Hall–Kier alpha value is -3.51. The van der Waals surface area contributed by atoms with Crippen LogP contribution in [0.15, 0.2) is 91.4 Å². The van der Waals surface area contributed by atoms with Crippen LogP contribution in [0.1, 0.15) is 34.7 Å². The summed E-state index contributed by atoms with van der Waals surface area (Å²) in [7, 11) is 0. The summed E-state index contributed by atoms with van der Waals surface area (Å²) < 4.78 is 2.24. The number of benzene rings is 1. The number of nitrogens with one attached hydrogen (secondary N) is 1. The van der Waals surface area contributed by atoms with Crippen LogP contribution in [-0.2, 0) is 6.54 Å². The highest BCUT2D eigenvalue weighted by molar-refractivity contribution is 7.80. The molecule has 0 saturated carbocycles. The van der Waals surface area contributed by atoms with Gasteiger partial charge in [-0.2, -0.15) is 0 Å². The highest BCUT2D eigenvalue weighted by Gasteiger charge is 2.41. The molecule has 2 atom stereocenters. The molecule has 4 heterocycles. The van der Waals surface area contributed by atoms with Crippen LogP contribution in [-0.4, -0.2) is 24.5 Å². The van der Waals surface area contributed by atoms with Crippen molar-refractivity contribution in [2.75, 3.05) is 0 Å². The second kappa shape index (κ2) is 8.32. The first kappa shape index (κ1) is 19.5. The highest BCUT2D eigenvalue weighted by atomic mass is 32.1. The van der Waals surface area contributed by atoms with Crippen molar-refractivity contribution in [3.05, 3.63) is 114 Å². The molecular formula is C25H23N5S. The number of rotatable bonds is 5. The fraction of sp³-hybridized carbons (Fsp3) is 0.160. The Morgan fingerprint density at radius 1 is 0.935 bits per heavy atom. The standard InChI is InChI=1S/C25H23N5S/c1-18-8-6-10-20(16-18)29-15-7-12-22(29)24-23(21-11-3-5-14-27-21)28-25(31)30(24)17-19-9-2-4-13-26-19/h2-16,23-24H,17H2,1H3,(H,28,31)/t23-,24+/m1/s1. The van der Waals surface area contributed by atoms with Gasteiger partial charge in [-0.1, -0.05) is 24.3 Å². The average Bonchev–Trinajstić information content (AvgIpc) is 3.40. The Bertz CT molecular complexity index is 1190. The van der Waals surface area contributed by atoms with Crippen LogP contribution in [0.25, 0.3) is 5.69 Å². The first-order chi connectivity index (χ1) is 15.2. The summed E-state index contributed by atoms with van der Waals surface area (Å²) in [4.78, 5) is 11.4. The maximum atomic E-state index is 5.80. The molecule has 1 aliphatic heterocycles. The van der Waals surface area contributed by atoms with Gasteiger partial charge >= 0.3 is 0 Å². The molecule has 1 aliphatic rings. The van der Waals surface area contributed by atoms with Crippen LogP contribution in [0.4, 0.5) is 0 Å². The van der Waals surface area contributed by atoms with Crippen LogP contribution in [0.3, 0.4) is 0 Å². The van der Waals surface area contributed by atoms with Gasteiger partial charge in [0.25, 0.3) is 0 Å². The molecule has 3 aromatic heterocycles. The molecule has 5 rings (SSSR count). The molecule has 1 N–H and O–H groups in total. The van der Waals surface area contributed by atoms with E-state index in [4.69, 9.17) is 12.2 Å². The van der Waals surface area contributed by atoms with Crippen LogP contribution in [0, 0.1) is 6.92 Å². The van der Waals surface area contributed by atoms with E-state index in [-0.39, 0.29) is 12.1 Å². The molecule has 0 bridgehead atoms. The third-order valence-corrected chi connectivity index (χ3v) is 5.97. The topological polar surface area (TPSA) is 46.0 Å². The van der Waals surface area contributed by atoms with Gasteiger partial charge in [-0.25, -0.2) is 0 Å². The molecule has 0 spiro atoms. The van der Waals surface area contributed by atoms with Crippen LogP contribution < -0.4 is 5.32 Å². The molecule has 0 aliphatic carbocycles. The number of aromatic nitrogens is 3. The zero-order valence-corrected chi connectivity index (χ0v) is 18.0. The van der Waals surface area contributed by atoms with E-state index in [9.17, 15) is 0 Å². The number of thiocarbonyl (C=S) groups is 1. The maximum absolute atomic E-state index is 5.80. The van der Waals surface area contributed by atoms with Gasteiger partial charge in [0.1, 0.15) is 0 Å². The second-order valence-electron chi connectivity index (χ2n) is 7.72. The smallest absolute Gasteiger partial charge is 0.170 e. The van der Waals surface area contributed by atoms with E-state index in [0.29, 0.717) is 11.7 Å². The highest BCUT2D eigenvalue weighted by Crippen LogP contribution is 2.40. The molecule has 5 nitrogen and oxygen atoms in total. The van der Waals surface area contributed by atoms with E-state index in [1.165, 1.54) is 5.56 Å². The summed E-state index contributed by atoms with van der Waals surface area (Å²) in [5, 5.41) is 4.23. The monoisotopic (exact) mass is 425 g/mol. The van der Waals surface area contributed by atoms with Crippen LogP contribution in [0.5, 0.6) is 0 Å². The molecule has 6 heteroatoms. The predicted octanol–water partition coefficient (Wildman–Crippen LogP) is 4.75. The molecule has 31 heavy (non-hydrogen) atoms. The predicted molar refractivity (Wildman–Crippen MR) is 126 cm³/mol. The van der Waals surface area contributed by atoms with E-state index < -0.39 is 0 Å². The fourth-order valence-electron chi connectivity index (χ4n) is 4.21. The molecular weight excluding hydrogens is 402 g/mol. The van der Waals surface area contributed by atoms with Crippen molar-refractivity contribution < 1.29 is 0 Å². The molecule has 1 fully saturated rings. The van der Waals surface area contributed by atoms with Crippen molar-refractivity contribution in [1.29, 1.82) is 0 Å². The Morgan fingerprint density at radius 3 is 2.52 bits per heavy atom. The maximum Gasteiger partial charge on any atom is 0.170 e. The largest absolute Gasteiger partial charge is 0.352 e. The number of hydrogen-bond acceptors (Lipinski definition) is 3. The zero-order valence-electron chi connectivity index (χ0n) is 17.2. The molecule has 1 saturated heterocycles. The first-order valence-corrected chi connectivity index (χ1v) is 10.7. The normalized spacial score (nSPS) is 18.2. The summed E-state index contributed by atoms with van der Waals surface area (Å²) in [5.74, 6) is 0. The summed E-state index contributed by atoms with van der Waals surface area (Å²) in [6, 6.07) is 24.7. The van der Waals surface area contributed by atoms with Gasteiger partial charge in [0.05, 0.1) is 30.0 Å². The third-order valence-electron chi connectivity index (χ3n) is 5.62. The van der Waals surface area contributed by atoms with Crippen molar-refractivity contribution >= 4 is 17.3 Å². The molecule has 154 valence electrons. The Morgan fingerprint density at radius 2 is 1.77 bits per heavy atom. The van der Waals surface area contributed by atoms with E-state index >= 15 is 0 Å². The lowest BCUT2D eigenvalue weighted by Gasteiger charge is -2.28. The van der Waals surface area contributed by atoms with E-state index in [1.54, 1.807) is 0 Å². The number of pyridine rings is 2. The number of hydrogen-bond donors (Lipinski definition) is 1. The van der Waals surface area contributed by atoms with Gasteiger partial charge in [-0.3, -0.25) is 9.97 Å². The van der Waals surface area contributed by atoms with Crippen molar-refractivity contribution in [2.24, 2.45) is 0 Å². The second-order valence-corrected chi connectivity index (χ2v) is 8.10. The van der Waals surface area contributed by atoms with Gasteiger partial charge in [0.15, 0.2) is 5.11 Å². The van der Waals surface area contributed by atoms with Gasteiger partial charge < -0.3 is 14.8 Å². The van der Waals surface area contributed by atoms with Gasteiger partial charge in [0.2, 0.25) is 0 Å². The molecule has 0 radical (unpaired) electrons. The van der Waals surface area contributed by atoms with E-state index in [1.807, 2.05) is 42.7 Å². The lowest BCUT2D eigenvalue weighted by atomic mass is 10.0. The Labute approximate surface area is 187 Å². The van der Waals surface area contributed by atoms with Crippen molar-refractivity contribution in [3.63, 3.8) is 0 Å². The minimum Gasteiger partial charge on any atom is -0.352 e. The Balaban J connectivity index is 1.61. The fourth-order valence-corrected chi connectivity index (χ4v) is 4.52. The lowest BCUT2D eigenvalue weighted by Crippen LogP contribution is -2.30. The van der Waals surface area contributed by atoms with Gasteiger partial charge in [0, 0.05) is 30.0 Å². The molecule has 1 aromatic carbocycles. The SMILES string of the molecule is Cc1cccc(-n2cccc2[C@H]2[C@@H](c3ccccn3)NC(=S)N2Cc2ccccn2)c1. The molecule has 4 aromatic rings. The van der Waals surface area contributed by atoms with E-state index in [2.05, 4.69) is 80.3 Å². The van der Waals surface area contributed by atoms with Crippen molar-refractivity contribution in [3.8, 4) is 5.69 Å². The number of aryl methyl sites for hydroxylation is 1. The minimum atomic E-state index is -0.0594. The van der Waals surface area contributed by atoms with Crippen LogP contribution >= 0.6 is 12.2 Å². The van der Waals surface area contributed by atoms with Gasteiger partial charge in [-0.15, -0.1) is 0 Å². The Kier molecular flexibility index (Phi) is 5.22. The molecule has 0 unspecified atom stereocenters. The number of nitrogens with zero attached hydrogens (tertiary/aromatic N) is 4. The zero-order chi connectivity index (χ0) is 21.2. The summed E-state index contributed by atoms with van der Waals surface area (Å²) in [5.41, 5.74) is 5.46. The summed E-state index contributed by atoms with van der Waals surface area (Å²) in [6.07, 6.45) is 5.76. The van der Waals surface area contributed by atoms with Crippen molar-refractivity contribution in [1.82, 2.24) is 24.8 Å². The average molecular weight is 426 g/mol. The lowest BCUT2D eigenvalue weighted by molar-refractivity contribution is 0.299. The summed E-state index contributed by atoms with van der Waals surface area (Å²) in [6.45, 7) is 2.74. The molecule has 0 amide bonds. The van der Waals surface area contributed by atoms with E-state index in [0.717, 1.165) is 22.8 Å². The quantitative estimate of drug-likeness (QED) is 0.468. The first-order valence-electron chi connectivity index (χ1n) is 10.3. The van der Waals surface area contributed by atoms with Gasteiger partial charge in [-0.05, 0) is 73.2 Å².